The van der Waals surface area contributed by atoms with Gasteiger partial charge in [0.2, 0.25) is 0 Å². The summed E-state index contributed by atoms with van der Waals surface area (Å²) in [6.45, 7) is 1.49. The summed E-state index contributed by atoms with van der Waals surface area (Å²) >= 11 is 0. The SMILES string of the molecule is C[C@@H](C(=O)O)C(O)c1ccccc1. The number of rotatable bonds is 3. The first kappa shape index (κ1) is 9.74. The molecule has 70 valence electrons. The number of hydrogen-bond donors (Lipinski definition) is 2. The van der Waals surface area contributed by atoms with Crippen LogP contribution in [-0.2, 0) is 4.79 Å². The van der Waals surface area contributed by atoms with Gasteiger partial charge in [0.05, 0.1) is 12.0 Å². The second kappa shape index (κ2) is 4.05. The zero-order valence-corrected chi connectivity index (χ0v) is 7.34. The topological polar surface area (TPSA) is 57.5 Å². The first-order valence-electron chi connectivity index (χ1n) is 4.08. The largest absolute Gasteiger partial charge is 0.481 e. The molecule has 0 aromatic heterocycles. The van der Waals surface area contributed by atoms with E-state index in [2.05, 4.69) is 0 Å². The van der Waals surface area contributed by atoms with Gasteiger partial charge in [-0.1, -0.05) is 30.3 Å². The molecule has 3 nitrogen and oxygen atoms in total. The maximum Gasteiger partial charge on any atom is 0.309 e. The molecule has 0 radical (unpaired) electrons. The number of carbonyl (C=O) groups is 1. The highest BCUT2D eigenvalue weighted by Crippen LogP contribution is 2.21. The van der Waals surface area contributed by atoms with Gasteiger partial charge in [-0.15, -0.1) is 0 Å². The molecule has 0 saturated heterocycles. The lowest BCUT2D eigenvalue weighted by Crippen LogP contribution is -2.18. The van der Waals surface area contributed by atoms with Crippen molar-refractivity contribution in [2.45, 2.75) is 13.0 Å². The first-order valence-corrected chi connectivity index (χ1v) is 4.08. The predicted molar refractivity (Wildman–Crippen MR) is 48.2 cm³/mol. The molecule has 0 saturated carbocycles. The third-order valence-corrected chi connectivity index (χ3v) is 2.00. The Morgan fingerprint density at radius 1 is 1.31 bits per heavy atom. The quantitative estimate of drug-likeness (QED) is 0.740. The minimum Gasteiger partial charge on any atom is -0.481 e. The van der Waals surface area contributed by atoms with Crippen LogP contribution < -0.4 is 0 Å². The standard InChI is InChI=1S/C10H12O3/c1-7(10(12)13)9(11)8-5-3-2-4-6-8/h2-7,9,11H,1H3,(H,12,13)/t7-,9?/m1/s1. The maximum atomic E-state index is 10.6. The van der Waals surface area contributed by atoms with Gasteiger partial charge in [-0.3, -0.25) is 4.79 Å². The lowest BCUT2D eigenvalue weighted by molar-refractivity contribution is -0.145. The highest BCUT2D eigenvalue weighted by atomic mass is 16.4. The molecule has 0 aliphatic rings. The molecular weight excluding hydrogens is 168 g/mol. The first-order chi connectivity index (χ1) is 6.13. The molecule has 1 rings (SSSR count). The van der Waals surface area contributed by atoms with Gasteiger partial charge in [-0.2, -0.15) is 0 Å². The van der Waals surface area contributed by atoms with Crippen molar-refractivity contribution < 1.29 is 15.0 Å². The number of hydrogen-bond acceptors (Lipinski definition) is 2. The third-order valence-electron chi connectivity index (χ3n) is 2.00. The number of aliphatic carboxylic acids is 1. The van der Waals surface area contributed by atoms with Gasteiger partial charge >= 0.3 is 5.97 Å². The summed E-state index contributed by atoms with van der Waals surface area (Å²) in [5, 5.41) is 18.2. The van der Waals surface area contributed by atoms with Crippen LogP contribution in [0.15, 0.2) is 30.3 Å². The molecule has 0 spiro atoms. The summed E-state index contributed by atoms with van der Waals surface area (Å²) in [4.78, 5) is 10.6. The van der Waals surface area contributed by atoms with Crippen molar-refractivity contribution in [3.05, 3.63) is 35.9 Å². The zero-order valence-electron chi connectivity index (χ0n) is 7.34. The van der Waals surface area contributed by atoms with E-state index in [0.717, 1.165) is 0 Å². The van der Waals surface area contributed by atoms with Crippen molar-refractivity contribution >= 4 is 5.97 Å². The van der Waals surface area contributed by atoms with Crippen LogP contribution in [0.4, 0.5) is 0 Å². The third kappa shape index (κ3) is 2.29. The predicted octanol–water partition coefficient (Wildman–Crippen LogP) is 1.44. The highest BCUT2D eigenvalue weighted by Gasteiger charge is 2.22. The smallest absolute Gasteiger partial charge is 0.309 e. The molecule has 0 fully saturated rings. The Morgan fingerprint density at radius 3 is 2.31 bits per heavy atom. The highest BCUT2D eigenvalue weighted by molar-refractivity contribution is 5.70. The van der Waals surface area contributed by atoms with E-state index in [4.69, 9.17) is 5.11 Å². The summed E-state index contributed by atoms with van der Waals surface area (Å²) in [6, 6.07) is 8.79. The van der Waals surface area contributed by atoms with Crippen LogP contribution in [0, 0.1) is 5.92 Å². The minimum absolute atomic E-state index is 0.636. The Bertz CT molecular complexity index is 281. The van der Waals surface area contributed by atoms with Crippen LogP contribution in [0.1, 0.15) is 18.6 Å². The van der Waals surface area contributed by atoms with Crippen molar-refractivity contribution in [2.24, 2.45) is 5.92 Å². The Labute approximate surface area is 76.6 Å². The molecule has 1 aromatic carbocycles. The molecule has 0 aliphatic heterocycles. The van der Waals surface area contributed by atoms with Crippen LogP contribution in [0.25, 0.3) is 0 Å². The summed E-state index contributed by atoms with van der Waals surface area (Å²) in [5.74, 6) is -1.77. The van der Waals surface area contributed by atoms with Crippen molar-refractivity contribution in [3.63, 3.8) is 0 Å². The van der Waals surface area contributed by atoms with E-state index in [1.807, 2.05) is 6.07 Å². The summed E-state index contributed by atoms with van der Waals surface area (Å²) in [5.41, 5.74) is 0.636. The van der Waals surface area contributed by atoms with Gasteiger partial charge in [0.15, 0.2) is 0 Å². The lowest BCUT2D eigenvalue weighted by atomic mass is 9.98. The zero-order chi connectivity index (χ0) is 9.84. The van der Waals surface area contributed by atoms with E-state index < -0.39 is 18.0 Å². The van der Waals surface area contributed by atoms with Crippen molar-refractivity contribution in [3.8, 4) is 0 Å². The lowest BCUT2D eigenvalue weighted by Gasteiger charge is -2.14. The number of benzene rings is 1. The van der Waals surface area contributed by atoms with Crippen LogP contribution in [-0.4, -0.2) is 16.2 Å². The van der Waals surface area contributed by atoms with Crippen molar-refractivity contribution in [1.29, 1.82) is 0 Å². The summed E-state index contributed by atoms with van der Waals surface area (Å²) in [6.07, 6.45) is -0.932. The van der Waals surface area contributed by atoms with Crippen LogP contribution in [0.3, 0.4) is 0 Å². The summed E-state index contributed by atoms with van der Waals surface area (Å²) in [7, 11) is 0. The average Bonchev–Trinajstić information content (AvgIpc) is 2.17. The minimum atomic E-state index is -0.989. The summed E-state index contributed by atoms with van der Waals surface area (Å²) < 4.78 is 0. The molecule has 0 amide bonds. The average molecular weight is 180 g/mol. The second-order valence-electron chi connectivity index (χ2n) is 2.98. The molecule has 0 bridgehead atoms. The second-order valence-corrected chi connectivity index (χ2v) is 2.98. The van der Waals surface area contributed by atoms with Crippen LogP contribution >= 0.6 is 0 Å². The molecule has 1 aromatic rings. The molecule has 13 heavy (non-hydrogen) atoms. The van der Waals surface area contributed by atoms with E-state index in [1.165, 1.54) is 6.92 Å². The van der Waals surface area contributed by atoms with Gasteiger partial charge in [0, 0.05) is 0 Å². The molecule has 0 heterocycles. The Kier molecular flexibility index (Phi) is 3.03. The molecule has 0 aliphatic carbocycles. The molecule has 2 atom stereocenters. The number of carboxylic acids is 1. The fourth-order valence-electron chi connectivity index (χ4n) is 1.07. The fraction of sp³-hybridized carbons (Fsp3) is 0.300. The van der Waals surface area contributed by atoms with Gasteiger partial charge in [0.1, 0.15) is 0 Å². The van der Waals surface area contributed by atoms with Gasteiger partial charge in [-0.25, -0.2) is 0 Å². The number of carboxylic acid groups (broad SMARTS) is 1. The van der Waals surface area contributed by atoms with Crippen molar-refractivity contribution in [2.75, 3.05) is 0 Å². The fourth-order valence-corrected chi connectivity index (χ4v) is 1.07. The number of aliphatic hydroxyl groups is 1. The van der Waals surface area contributed by atoms with Gasteiger partial charge < -0.3 is 10.2 Å². The molecule has 2 N–H and O–H groups in total. The van der Waals surface area contributed by atoms with Gasteiger partial charge in [0.25, 0.3) is 0 Å². The Balaban J connectivity index is 2.79. The van der Waals surface area contributed by atoms with Crippen LogP contribution in [0.2, 0.25) is 0 Å². The van der Waals surface area contributed by atoms with E-state index in [1.54, 1.807) is 24.3 Å². The van der Waals surface area contributed by atoms with E-state index in [0.29, 0.717) is 5.56 Å². The normalized spacial score (nSPS) is 14.9. The monoisotopic (exact) mass is 180 g/mol. The Morgan fingerprint density at radius 2 is 1.85 bits per heavy atom. The van der Waals surface area contributed by atoms with Crippen molar-refractivity contribution in [1.82, 2.24) is 0 Å². The van der Waals surface area contributed by atoms with Gasteiger partial charge in [-0.05, 0) is 12.5 Å². The maximum absolute atomic E-state index is 10.6. The number of aliphatic hydroxyl groups excluding tert-OH is 1. The Hall–Kier alpha value is -1.35. The van der Waals surface area contributed by atoms with E-state index in [-0.39, 0.29) is 0 Å². The molecule has 1 unspecified atom stereocenters. The van der Waals surface area contributed by atoms with E-state index >= 15 is 0 Å². The van der Waals surface area contributed by atoms with Crippen LogP contribution in [0.5, 0.6) is 0 Å². The molecule has 3 heteroatoms. The van der Waals surface area contributed by atoms with E-state index in [9.17, 15) is 9.90 Å². The molecular formula is C10H12O3.